The number of thiocarbonyl (C=S) groups is 1. The Morgan fingerprint density at radius 2 is 1.91 bits per heavy atom. The van der Waals surface area contributed by atoms with E-state index in [4.69, 9.17) is 28.6 Å². The molecule has 1 atom stereocenters. The van der Waals surface area contributed by atoms with Crippen LogP contribution in [0.2, 0.25) is 5.02 Å². The van der Waals surface area contributed by atoms with Gasteiger partial charge in [-0.2, -0.15) is 0 Å². The van der Waals surface area contributed by atoms with Gasteiger partial charge in [-0.1, -0.05) is 32.4 Å². The largest absolute Gasteiger partial charge is 0.484 e. The Morgan fingerprint density at radius 3 is 2.43 bits per heavy atom. The second kappa shape index (κ2) is 8.60. The average Bonchev–Trinajstić information content (AvgIpc) is 2.41. The topological polar surface area (TPSA) is 38.3 Å². The summed E-state index contributed by atoms with van der Waals surface area (Å²) in [5.74, 6) is -0.859. The minimum absolute atomic E-state index is 0.0345. The summed E-state index contributed by atoms with van der Waals surface area (Å²) in [6.45, 7) is 9.43. The number of ether oxygens (including phenoxy) is 1. The maximum atomic E-state index is 14.0. The minimum atomic E-state index is -0.571. The van der Waals surface area contributed by atoms with Gasteiger partial charge in [-0.3, -0.25) is 4.79 Å². The van der Waals surface area contributed by atoms with Crippen LogP contribution in [0.3, 0.4) is 0 Å². The molecule has 1 aromatic rings. The van der Waals surface area contributed by atoms with Crippen LogP contribution in [0.4, 0.5) is 10.1 Å². The number of benzene rings is 1. The minimum Gasteiger partial charge on any atom is -0.484 e. The molecule has 6 heteroatoms. The standard InChI is InChI=1S/C17H23ClFNO2S/c1-9(2)11(5)17(21)20-15-6-12(13(18)8-14(15)19)7-16(23)22-10(3)4/h6,8-11H,7H2,1-5H3,(H,20,21). The molecule has 0 aliphatic carbocycles. The highest BCUT2D eigenvalue weighted by Crippen LogP contribution is 2.26. The fraction of sp³-hybridized carbons (Fsp3) is 0.529. The van der Waals surface area contributed by atoms with Crippen LogP contribution >= 0.6 is 23.8 Å². The summed E-state index contributed by atoms with van der Waals surface area (Å²) in [6.07, 6.45) is 0.252. The van der Waals surface area contributed by atoms with Gasteiger partial charge < -0.3 is 10.1 Å². The van der Waals surface area contributed by atoms with E-state index in [-0.39, 0.29) is 41.0 Å². The van der Waals surface area contributed by atoms with Crippen molar-refractivity contribution in [2.45, 2.75) is 47.1 Å². The van der Waals surface area contributed by atoms with Crippen molar-refractivity contribution in [1.29, 1.82) is 0 Å². The lowest BCUT2D eigenvalue weighted by atomic mass is 9.97. The van der Waals surface area contributed by atoms with Crippen LogP contribution in [-0.2, 0) is 16.0 Å². The summed E-state index contributed by atoms with van der Waals surface area (Å²) in [5.41, 5.74) is 0.723. The number of rotatable bonds is 6. The summed E-state index contributed by atoms with van der Waals surface area (Å²) in [5, 5.41) is 3.25. The van der Waals surface area contributed by atoms with E-state index in [1.165, 1.54) is 12.1 Å². The summed E-state index contributed by atoms with van der Waals surface area (Å²) >= 11 is 11.2. The van der Waals surface area contributed by atoms with E-state index < -0.39 is 5.82 Å². The van der Waals surface area contributed by atoms with Gasteiger partial charge in [-0.05, 0) is 49.7 Å². The van der Waals surface area contributed by atoms with E-state index in [2.05, 4.69) is 5.32 Å². The van der Waals surface area contributed by atoms with Crippen LogP contribution < -0.4 is 5.32 Å². The van der Waals surface area contributed by atoms with Crippen LogP contribution in [-0.4, -0.2) is 17.1 Å². The van der Waals surface area contributed by atoms with E-state index in [1.807, 2.05) is 27.7 Å². The lowest BCUT2D eigenvalue weighted by Gasteiger charge is -2.17. The summed E-state index contributed by atoms with van der Waals surface area (Å²) in [6, 6.07) is 2.70. The van der Waals surface area contributed by atoms with Gasteiger partial charge in [0, 0.05) is 17.4 Å². The molecule has 0 saturated carbocycles. The van der Waals surface area contributed by atoms with Gasteiger partial charge >= 0.3 is 0 Å². The van der Waals surface area contributed by atoms with E-state index in [0.29, 0.717) is 10.6 Å². The third-order valence-corrected chi connectivity index (χ3v) is 4.10. The first-order valence-corrected chi connectivity index (χ1v) is 8.38. The zero-order valence-electron chi connectivity index (χ0n) is 14.1. The van der Waals surface area contributed by atoms with Crippen LogP contribution in [0.1, 0.15) is 40.2 Å². The second-order valence-electron chi connectivity index (χ2n) is 6.16. The van der Waals surface area contributed by atoms with Crippen molar-refractivity contribution in [2.24, 2.45) is 11.8 Å². The summed E-state index contributed by atoms with van der Waals surface area (Å²) < 4.78 is 19.5. The highest BCUT2D eigenvalue weighted by molar-refractivity contribution is 7.80. The molecule has 0 saturated heterocycles. The number of anilines is 1. The first-order chi connectivity index (χ1) is 10.6. The molecule has 1 amide bonds. The maximum absolute atomic E-state index is 14.0. The predicted molar refractivity (Wildman–Crippen MR) is 96.6 cm³/mol. The Labute approximate surface area is 147 Å². The van der Waals surface area contributed by atoms with Crippen molar-refractivity contribution in [1.82, 2.24) is 0 Å². The number of amides is 1. The molecule has 1 unspecified atom stereocenters. The molecule has 0 heterocycles. The van der Waals surface area contributed by atoms with Crippen molar-refractivity contribution in [2.75, 3.05) is 5.32 Å². The Balaban J connectivity index is 2.95. The van der Waals surface area contributed by atoms with Gasteiger partial charge in [0.2, 0.25) is 5.91 Å². The molecule has 1 rings (SSSR count). The van der Waals surface area contributed by atoms with Crippen LogP contribution in [0.25, 0.3) is 0 Å². The fourth-order valence-corrected chi connectivity index (χ4v) is 2.40. The summed E-state index contributed by atoms with van der Waals surface area (Å²) in [4.78, 5) is 12.1. The number of hydrogen-bond donors (Lipinski definition) is 1. The molecule has 1 N–H and O–H groups in total. The lowest BCUT2D eigenvalue weighted by Crippen LogP contribution is -2.25. The average molecular weight is 360 g/mol. The molecule has 1 aromatic carbocycles. The first kappa shape index (κ1) is 19.8. The lowest BCUT2D eigenvalue weighted by molar-refractivity contribution is -0.120. The van der Waals surface area contributed by atoms with Gasteiger partial charge in [0.1, 0.15) is 5.82 Å². The number of carbonyl (C=O) groups is 1. The fourth-order valence-electron chi connectivity index (χ4n) is 1.83. The van der Waals surface area contributed by atoms with Crippen LogP contribution in [0, 0.1) is 17.7 Å². The third-order valence-electron chi connectivity index (χ3n) is 3.51. The molecular weight excluding hydrogens is 337 g/mol. The SMILES string of the molecule is CC(C)OC(=S)Cc1cc(NC(=O)C(C)C(C)C)c(F)cc1Cl. The van der Waals surface area contributed by atoms with E-state index in [9.17, 15) is 9.18 Å². The molecule has 23 heavy (non-hydrogen) atoms. The van der Waals surface area contributed by atoms with Gasteiger partial charge in [0.05, 0.1) is 11.8 Å². The molecule has 0 fully saturated rings. The highest BCUT2D eigenvalue weighted by Gasteiger charge is 2.19. The smallest absolute Gasteiger partial charge is 0.227 e. The van der Waals surface area contributed by atoms with Crippen LogP contribution in [0.15, 0.2) is 12.1 Å². The van der Waals surface area contributed by atoms with E-state index >= 15 is 0 Å². The van der Waals surface area contributed by atoms with Crippen molar-refractivity contribution in [3.63, 3.8) is 0 Å². The van der Waals surface area contributed by atoms with E-state index in [0.717, 1.165) is 0 Å². The molecule has 128 valence electrons. The second-order valence-corrected chi connectivity index (χ2v) is 7.02. The number of carbonyl (C=O) groups excluding carboxylic acids is 1. The first-order valence-electron chi connectivity index (χ1n) is 7.60. The highest BCUT2D eigenvalue weighted by atomic mass is 35.5. The predicted octanol–water partition coefficient (Wildman–Crippen LogP) is 5.00. The normalized spacial score (nSPS) is 12.4. The molecule has 0 spiro atoms. The zero-order valence-corrected chi connectivity index (χ0v) is 15.6. The van der Waals surface area contributed by atoms with Gasteiger partial charge in [0.15, 0.2) is 5.05 Å². The Hall–Kier alpha value is -1.20. The Bertz CT molecular complexity index is 590. The number of nitrogens with one attached hydrogen (secondary N) is 1. The van der Waals surface area contributed by atoms with Gasteiger partial charge in [0.25, 0.3) is 0 Å². The zero-order chi connectivity index (χ0) is 17.7. The molecular formula is C17H23ClFNO2S. The third kappa shape index (κ3) is 6.07. The van der Waals surface area contributed by atoms with Gasteiger partial charge in [-0.15, -0.1) is 0 Å². The van der Waals surface area contributed by atoms with E-state index in [1.54, 1.807) is 6.92 Å². The molecule has 3 nitrogen and oxygen atoms in total. The van der Waals surface area contributed by atoms with Crippen molar-refractivity contribution < 1.29 is 13.9 Å². The number of hydrogen-bond acceptors (Lipinski definition) is 3. The van der Waals surface area contributed by atoms with Crippen LogP contribution in [0.5, 0.6) is 0 Å². The maximum Gasteiger partial charge on any atom is 0.227 e. The number of halogens is 2. The van der Waals surface area contributed by atoms with Crippen molar-refractivity contribution in [3.8, 4) is 0 Å². The van der Waals surface area contributed by atoms with Gasteiger partial charge in [-0.25, -0.2) is 4.39 Å². The van der Waals surface area contributed by atoms with Crippen molar-refractivity contribution >= 4 is 40.5 Å². The molecule has 0 bridgehead atoms. The molecule has 0 aromatic heterocycles. The molecule has 0 aliphatic rings. The molecule has 0 radical (unpaired) electrons. The van der Waals surface area contributed by atoms with Crippen molar-refractivity contribution in [3.05, 3.63) is 28.5 Å². The Kier molecular flexibility index (Phi) is 7.42. The Morgan fingerprint density at radius 1 is 1.30 bits per heavy atom. The summed E-state index contributed by atoms with van der Waals surface area (Å²) in [7, 11) is 0. The molecule has 0 aliphatic heterocycles. The monoisotopic (exact) mass is 359 g/mol. The quantitative estimate of drug-likeness (QED) is 0.726.